The van der Waals surface area contributed by atoms with Crippen LogP contribution in [-0.2, 0) is 4.74 Å². The van der Waals surface area contributed by atoms with Crippen molar-refractivity contribution in [2.75, 3.05) is 32.5 Å². The molecule has 0 aliphatic heterocycles. The summed E-state index contributed by atoms with van der Waals surface area (Å²) in [5, 5.41) is 0. The molecule has 2 aromatic heterocycles. The Morgan fingerprint density at radius 3 is 3.10 bits per heavy atom. The van der Waals surface area contributed by atoms with Crippen molar-refractivity contribution in [3.05, 3.63) is 35.9 Å². The van der Waals surface area contributed by atoms with Crippen molar-refractivity contribution in [2.24, 2.45) is 0 Å². The molecule has 0 fully saturated rings. The molecule has 2 heterocycles. The maximum atomic E-state index is 12.6. The monoisotopic (exact) mass is 291 g/mol. The highest BCUT2D eigenvalue weighted by Crippen LogP contribution is 2.32. The lowest BCUT2D eigenvalue weighted by Crippen LogP contribution is -2.33. The van der Waals surface area contributed by atoms with Gasteiger partial charge in [-0.15, -0.1) is 17.9 Å². The third-order valence-corrected chi connectivity index (χ3v) is 4.03. The quantitative estimate of drug-likeness (QED) is 0.828. The summed E-state index contributed by atoms with van der Waals surface area (Å²) in [5.74, 6) is -0.109. The Labute approximate surface area is 121 Å². The highest BCUT2D eigenvalue weighted by Gasteiger charge is 2.21. The van der Waals surface area contributed by atoms with Crippen LogP contribution in [0.2, 0.25) is 0 Å². The van der Waals surface area contributed by atoms with E-state index in [1.54, 1.807) is 24.3 Å². The lowest BCUT2D eigenvalue weighted by molar-refractivity contribution is 0.0724. The van der Waals surface area contributed by atoms with Gasteiger partial charge < -0.3 is 15.4 Å². The van der Waals surface area contributed by atoms with Gasteiger partial charge in [-0.25, -0.2) is 0 Å². The van der Waals surface area contributed by atoms with Gasteiger partial charge in [-0.05, 0) is 12.1 Å². The summed E-state index contributed by atoms with van der Waals surface area (Å²) in [6, 6.07) is 3.74. The summed E-state index contributed by atoms with van der Waals surface area (Å²) in [7, 11) is 1.61. The second kappa shape index (κ2) is 6.49. The van der Waals surface area contributed by atoms with Crippen LogP contribution in [0.15, 0.2) is 31.0 Å². The molecule has 0 aromatic carbocycles. The van der Waals surface area contributed by atoms with Gasteiger partial charge in [-0.3, -0.25) is 9.78 Å². The second-order valence-electron chi connectivity index (χ2n) is 4.23. The SMILES string of the molecule is C=CCN(CCOC)C(=O)c1sc2cccnc2c1N. The summed E-state index contributed by atoms with van der Waals surface area (Å²) >= 11 is 1.37. The Morgan fingerprint density at radius 2 is 2.45 bits per heavy atom. The maximum Gasteiger partial charge on any atom is 0.266 e. The smallest absolute Gasteiger partial charge is 0.266 e. The van der Waals surface area contributed by atoms with Crippen molar-refractivity contribution in [1.82, 2.24) is 9.88 Å². The van der Waals surface area contributed by atoms with Crippen LogP contribution in [-0.4, -0.2) is 42.6 Å². The second-order valence-corrected chi connectivity index (χ2v) is 5.28. The summed E-state index contributed by atoms with van der Waals surface area (Å²) in [6.45, 7) is 5.11. The number of carbonyl (C=O) groups excluding carboxylic acids is 1. The average molecular weight is 291 g/mol. The maximum absolute atomic E-state index is 12.6. The number of hydrogen-bond donors (Lipinski definition) is 1. The van der Waals surface area contributed by atoms with Crippen LogP contribution >= 0.6 is 11.3 Å². The number of aromatic nitrogens is 1. The lowest BCUT2D eigenvalue weighted by atomic mass is 10.3. The molecule has 0 unspecified atom stereocenters. The molecule has 2 N–H and O–H groups in total. The van der Waals surface area contributed by atoms with Gasteiger partial charge in [0.1, 0.15) is 10.4 Å². The normalized spacial score (nSPS) is 10.7. The van der Waals surface area contributed by atoms with Gasteiger partial charge in [-0.2, -0.15) is 0 Å². The van der Waals surface area contributed by atoms with E-state index < -0.39 is 0 Å². The zero-order valence-electron chi connectivity index (χ0n) is 11.3. The summed E-state index contributed by atoms with van der Waals surface area (Å²) in [6.07, 6.45) is 3.36. The van der Waals surface area contributed by atoms with E-state index in [0.717, 1.165) is 4.70 Å². The molecule has 0 spiro atoms. The Hall–Kier alpha value is -1.92. The van der Waals surface area contributed by atoms with E-state index in [4.69, 9.17) is 10.5 Å². The predicted molar refractivity (Wildman–Crippen MR) is 82.0 cm³/mol. The fraction of sp³-hybridized carbons (Fsp3) is 0.286. The van der Waals surface area contributed by atoms with E-state index >= 15 is 0 Å². The first-order chi connectivity index (χ1) is 9.69. The molecule has 0 bridgehead atoms. The van der Waals surface area contributed by atoms with Crippen LogP contribution in [0.4, 0.5) is 5.69 Å². The Bertz CT molecular complexity index is 624. The van der Waals surface area contributed by atoms with Crippen molar-refractivity contribution in [2.45, 2.75) is 0 Å². The van der Waals surface area contributed by atoms with Crippen molar-refractivity contribution < 1.29 is 9.53 Å². The Balaban J connectivity index is 2.33. The largest absolute Gasteiger partial charge is 0.396 e. The van der Waals surface area contributed by atoms with Gasteiger partial charge in [0.25, 0.3) is 5.91 Å². The van der Waals surface area contributed by atoms with Gasteiger partial charge >= 0.3 is 0 Å². The molecule has 106 valence electrons. The number of fused-ring (bicyclic) bond motifs is 1. The number of rotatable bonds is 6. The third-order valence-electron chi connectivity index (χ3n) is 2.88. The third kappa shape index (κ3) is 2.81. The Morgan fingerprint density at radius 1 is 1.65 bits per heavy atom. The number of ether oxygens (including phenoxy) is 1. The fourth-order valence-corrected chi connectivity index (χ4v) is 2.93. The minimum absolute atomic E-state index is 0.109. The van der Waals surface area contributed by atoms with Crippen molar-refractivity contribution in [3.63, 3.8) is 0 Å². The van der Waals surface area contributed by atoms with Crippen molar-refractivity contribution in [1.29, 1.82) is 0 Å². The zero-order valence-corrected chi connectivity index (χ0v) is 12.2. The van der Waals surface area contributed by atoms with E-state index in [1.807, 2.05) is 12.1 Å². The molecule has 0 aliphatic carbocycles. The van der Waals surface area contributed by atoms with Crippen LogP contribution < -0.4 is 5.73 Å². The minimum Gasteiger partial charge on any atom is -0.396 e. The zero-order chi connectivity index (χ0) is 14.5. The van der Waals surface area contributed by atoms with E-state index in [1.165, 1.54) is 11.3 Å². The number of anilines is 1. The molecular weight excluding hydrogens is 274 g/mol. The van der Waals surface area contributed by atoms with Gasteiger partial charge in [0, 0.05) is 26.4 Å². The number of nitrogen functional groups attached to an aromatic ring is 1. The molecule has 2 aromatic rings. The van der Waals surface area contributed by atoms with Gasteiger partial charge in [0.2, 0.25) is 0 Å². The van der Waals surface area contributed by atoms with E-state index in [9.17, 15) is 4.79 Å². The molecule has 0 saturated carbocycles. The van der Waals surface area contributed by atoms with Crippen molar-refractivity contribution >= 4 is 33.1 Å². The summed E-state index contributed by atoms with van der Waals surface area (Å²) in [4.78, 5) is 19.0. The molecule has 0 saturated heterocycles. The fourth-order valence-electron chi connectivity index (χ4n) is 1.88. The molecular formula is C14H17N3O2S. The Kier molecular flexibility index (Phi) is 4.70. The molecule has 5 nitrogen and oxygen atoms in total. The van der Waals surface area contributed by atoms with Crippen LogP contribution in [0.25, 0.3) is 10.2 Å². The first kappa shape index (κ1) is 14.5. The van der Waals surface area contributed by atoms with Gasteiger partial charge in [0.05, 0.1) is 17.0 Å². The van der Waals surface area contributed by atoms with Gasteiger partial charge in [0.15, 0.2) is 0 Å². The number of thiophene rings is 1. The first-order valence-corrected chi connectivity index (χ1v) is 7.02. The summed E-state index contributed by atoms with van der Waals surface area (Å²) < 4.78 is 5.94. The number of methoxy groups -OCH3 is 1. The lowest BCUT2D eigenvalue weighted by Gasteiger charge is -2.20. The van der Waals surface area contributed by atoms with Crippen LogP contribution in [0.5, 0.6) is 0 Å². The number of nitrogens with zero attached hydrogens (tertiary/aromatic N) is 2. The van der Waals surface area contributed by atoms with E-state index in [2.05, 4.69) is 11.6 Å². The molecule has 0 aliphatic rings. The molecule has 0 atom stereocenters. The van der Waals surface area contributed by atoms with Crippen LogP contribution in [0, 0.1) is 0 Å². The highest BCUT2D eigenvalue weighted by atomic mass is 32.1. The number of nitrogens with two attached hydrogens (primary N) is 1. The number of amides is 1. The molecule has 0 radical (unpaired) electrons. The number of pyridine rings is 1. The van der Waals surface area contributed by atoms with Crippen LogP contribution in [0.3, 0.4) is 0 Å². The topological polar surface area (TPSA) is 68.5 Å². The minimum atomic E-state index is -0.109. The number of carbonyl (C=O) groups is 1. The molecule has 1 amide bonds. The predicted octanol–water partition coefficient (Wildman–Crippen LogP) is 2.15. The number of hydrogen-bond acceptors (Lipinski definition) is 5. The first-order valence-electron chi connectivity index (χ1n) is 6.21. The van der Waals surface area contributed by atoms with Crippen molar-refractivity contribution in [3.8, 4) is 0 Å². The van der Waals surface area contributed by atoms with E-state index in [0.29, 0.717) is 35.8 Å². The molecule has 2 rings (SSSR count). The van der Waals surface area contributed by atoms with E-state index in [-0.39, 0.29) is 5.91 Å². The average Bonchev–Trinajstić information content (AvgIpc) is 2.80. The molecule has 20 heavy (non-hydrogen) atoms. The van der Waals surface area contributed by atoms with Gasteiger partial charge in [-0.1, -0.05) is 6.08 Å². The van der Waals surface area contributed by atoms with Crippen LogP contribution in [0.1, 0.15) is 9.67 Å². The molecule has 6 heteroatoms. The summed E-state index contributed by atoms with van der Waals surface area (Å²) in [5.41, 5.74) is 7.18. The standard InChI is InChI=1S/C14H17N3O2S/c1-3-7-17(8-9-19-2)14(18)13-11(15)12-10(20-13)5-4-6-16-12/h3-6H,1,7-9,15H2,2H3. The highest BCUT2D eigenvalue weighted by molar-refractivity contribution is 7.21.